The molecule has 1 aromatic carbocycles. The van der Waals surface area contributed by atoms with E-state index in [1.165, 1.54) is 4.88 Å². The minimum atomic E-state index is -0.147. The number of nitrogens with zero attached hydrogens (tertiary/aromatic N) is 2. The second kappa shape index (κ2) is 5.29. The van der Waals surface area contributed by atoms with Crippen LogP contribution in [0.1, 0.15) is 25.9 Å². The molecule has 25 heavy (non-hydrogen) atoms. The summed E-state index contributed by atoms with van der Waals surface area (Å²) in [6, 6.07) is 5.68. The van der Waals surface area contributed by atoms with Crippen LogP contribution in [0.2, 0.25) is 0 Å². The first-order chi connectivity index (χ1) is 12.2. The standard InChI is InChI=1S/C18H15N5OS/c1-9-22-17-14(25-9)6-5-11-15(17)10(7-19-11)18(24)23-13-4-2-3-12-16(13)21-8-20-12/h2-4,7-8,19H,5-6H2,1H3,(H,20,21)(H,23,24). The predicted octanol–water partition coefficient (Wildman–Crippen LogP) is 3.67. The van der Waals surface area contributed by atoms with Crippen molar-refractivity contribution in [2.75, 3.05) is 5.32 Å². The van der Waals surface area contributed by atoms with E-state index in [2.05, 4.69) is 25.3 Å². The van der Waals surface area contributed by atoms with E-state index in [0.717, 1.165) is 45.8 Å². The van der Waals surface area contributed by atoms with E-state index in [1.807, 2.05) is 25.1 Å². The number of nitrogens with one attached hydrogen (secondary N) is 3. The summed E-state index contributed by atoms with van der Waals surface area (Å²) in [5, 5.41) is 4.03. The van der Waals surface area contributed by atoms with Gasteiger partial charge in [-0.3, -0.25) is 4.79 Å². The number of para-hydroxylation sites is 1. The van der Waals surface area contributed by atoms with E-state index in [1.54, 1.807) is 23.9 Å². The van der Waals surface area contributed by atoms with Crippen molar-refractivity contribution in [1.29, 1.82) is 0 Å². The maximum Gasteiger partial charge on any atom is 0.257 e. The molecule has 1 aliphatic carbocycles. The monoisotopic (exact) mass is 349 g/mol. The molecule has 7 heteroatoms. The van der Waals surface area contributed by atoms with Crippen LogP contribution in [0.3, 0.4) is 0 Å². The summed E-state index contributed by atoms with van der Waals surface area (Å²) >= 11 is 1.71. The third-order valence-electron chi connectivity index (χ3n) is 4.55. The lowest BCUT2D eigenvalue weighted by atomic mass is 9.96. The highest BCUT2D eigenvalue weighted by molar-refractivity contribution is 7.12. The molecule has 1 aliphatic rings. The van der Waals surface area contributed by atoms with Gasteiger partial charge >= 0.3 is 0 Å². The molecule has 4 aromatic rings. The molecular weight excluding hydrogens is 334 g/mol. The third-order valence-corrected chi connectivity index (χ3v) is 5.58. The average molecular weight is 349 g/mol. The second-order valence-corrected chi connectivity index (χ2v) is 7.41. The van der Waals surface area contributed by atoms with Crippen molar-refractivity contribution < 1.29 is 4.79 Å². The zero-order valence-electron chi connectivity index (χ0n) is 13.5. The van der Waals surface area contributed by atoms with Crippen LogP contribution < -0.4 is 5.32 Å². The van der Waals surface area contributed by atoms with E-state index in [-0.39, 0.29) is 5.91 Å². The number of thiazole rings is 1. The van der Waals surface area contributed by atoms with Gasteiger partial charge in [0.15, 0.2) is 0 Å². The van der Waals surface area contributed by atoms with E-state index in [9.17, 15) is 4.79 Å². The SMILES string of the molecule is Cc1nc2c(s1)CCc1[nH]cc(C(=O)Nc3cccc4[nH]cnc34)c1-2. The largest absolute Gasteiger partial charge is 0.364 e. The summed E-state index contributed by atoms with van der Waals surface area (Å²) in [5.74, 6) is -0.147. The van der Waals surface area contributed by atoms with Crippen LogP contribution >= 0.6 is 11.3 Å². The Balaban J connectivity index is 1.56. The molecule has 5 rings (SSSR count). The van der Waals surface area contributed by atoms with Gasteiger partial charge in [0, 0.05) is 22.3 Å². The Morgan fingerprint density at radius 2 is 2.20 bits per heavy atom. The zero-order chi connectivity index (χ0) is 17.0. The molecule has 3 aromatic heterocycles. The van der Waals surface area contributed by atoms with Crippen molar-refractivity contribution in [3.8, 4) is 11.3 Å². The Hall–Kier alpha value is -2.93. The molecule has 0 saturated carbocycles. The number of carbonyl (C=O) groups excluding carboxylic acids is 1. The van der Waals surface area contributed by atoms with Gasteiger partial charge in [0.05, 0.1) is 33.8 Å². The van der Waals surface area contributed by atoms with E-state index >= 15 is 0 Å². The van der Waals surface area contributed by atoms with E-state index < -0.39 is 0 Å². The number of imidazole rings is 1. The van der Waals surface area contributed by atoms with Gasteiger partial charge in [-0.15, -0.1) is 11.3 Å². The first kappa shape index (κ1) is 14.4. The lowest BCUT2D eigenvalue weighted by Gasteiger charge is -2.13. The number of benzene rings is 1. The molecule has 0 radical (unpaired) electrons. The number of aromatic nitrogens is 4. The highest BCUT2D eigenvalue weighted by Gasteiger charge is 2.27. The topological polar surface area (TPSA) is 86.5 Å². The fourth-order valence-electron chi connectivity index (χ4n) is 3.44. The number of anilines is 1. The molecule has 0 atom stereocenters. The van der Waals surface area contributed by atoms with Crippen LogP contribution in [-0.4, -0.2) is 25.8 Å². The van der Waals surface area contributed by atoms with Crippen molar-refractivity contribution >= 4 is 34.0 Å². The van der Waals surface area contributed by atoms with Gasteiger partial charge in [-0.2, -0.15) is 0 Å². The number of aromatic amines is 2. The Bertz CT molecular complexity index is 1120. The van der Waals surface area contributed by atoms with Crippen LogP contribution in [0.15, 0.2) is 30.7 Å². The highest BCUT2D eigenvalue weighted by atomic mass is 32.1. The smallest absolute Gasteiger partial charge is 0.257 e. The number of fused-ring (bicyclic) bond motifs is 4. The van der Waals surface area contributed by atoms with Gasteiger partial charge < -0.3 is 15.3 Å². The molecule has 0 aliphatic heterocycles. The first-order valence-electron chi connectivity index (χ1n) is 8.11. The van der Waals surface area contributed by atoms with E-state index in [4.69, 9.17) is 0 Å². The Morgan fingerprint density at radius 3 is 3.12 bits per heavy atom. The van der Waals surface area contributed by atoms with Gasteiger partial charge in [0.1, 0.15) is 5.52 Å². The lowest BCUT2D eigenvalue weighted by molar-refractivity contribution is 0.102. The lowest BCUT2D eigenvalue weighted by Crippen LogP contribution is -2.13. The van der Waals surface area contributed by atoms with Crippen molar-refractivity contribution in [1.82, 2.24) is 19.9 Å². The van der Waals surface area contributed by atoms with Gasteiger partial charge in [-0.05, 0) is 31.9 Å². The summed E-state index contributed by atoms with van der Waals surface area (Å²) in [6.45, 7) is 2.01. The van der Waals surface area contributed by atoms with E-state index in [0.29, 0.717) is 11.3 Å². The van der Waals surface area contributed by atoms with Crippen LogP contribution in [0.5, 0.6) is 0 Å². The molecule has 124 valence electrons. The first-order valence-corrected chi connectivity index (χ1v) is 8.93. The number of rotatable bonds is 2. The van der Waals surface area contributed by atoms with Crippen LogP contribution in [-0.2, 0) is 12.8 Å². The minimum absolute atomic E-state index is 0.147. The Morgan fingerprint density at radius 1 is 1.28 bits per heavy atom. The summed E-state index contributed by atoms with van der Waals surface area (Å²) < 4.78 is 0. The maximum absolute atomic E-state index is 12.9. The summed E-state index contributed by atoms with van der Waals surface area (Å²) in [6.07, 6.45) is 5.30. The molecule has 0 spiro atoms. The Kier molecular flexibility index (Phi) is 3.05. The summed E-state index contributed by atoms with van der Waals surface area (Å²) in [7, 11) is 0. The maximum atomic E-state index is 12.9. The van der Waals surface area contributed by atoms with Crippen molar-refractivity contribution in [3.05, 3.63) is 51.9 Å². The number of amides is 1. The normalized spacial score (nSPS) is 12.8. The molecule has 1 amide bonds. The molecule has 3 N–H and O–H groups in total. The van der Waals surface area contributed by atoms with Crippen molar-refractivity contribution in [3.63, 3.8) is 0 Å². The number of carbonyl (C=O) groups is 1. The average Bonchev–Trinajstić information content (AvgIpc) is 3.31. The fourth-order valence-corrected chi connectivity index (χ4v) is 4.38. The molecule has 3 heterocycles. The Labute approximate surface area is 147 Å². The molecule has 0 fully saturated rings. The van der Waals surface area contributed by atoms with Crippen molar-refractivity contribution in [2.45, 2.75) is 19.8 Å². The van der Waals surface area contributed by atoms with Crippen LogP contribution in [0.25, 0.3) is 22.3 Å². The predicted molar refractivity (Wildman–Crippen MR) is 98.1 cm³/mol. The highest BCUT2D eigenvalue weighted by Crippen LogP contribution is 2.38. The summed E-state index contributed by atoms with van der Waals surface area (Å²) in [4.78, 5) is 29.5. The number of hydrogen-bond donors (Lipinski definition) is 3. The van der Waals surface area contributed by atoms with Gasteiger partial charge in [0.2, 0.25) is 0 Å². The number of aryl methyl sites for hydroxylation is 3. The van der Waals surface area contributed by atoms with Crippen LogP contribution in [0, 0.1) is 6.92 Å². The number of hydrogen-bond acceptors (Lipinski definition) is 4. The quantitative estimate of drug-likeness (QED) is 0.516. The van der Waals surface area contributed by atoms with Gasteiger partial charge in [-0.1, -0.05) is 6.07 Å². The summed E-state index contributed by atoms with van der Waals surface area (Å²) in [5.41, 5.74) is 5.96. The molecule has 0 bridgehead atoms. The van der Waals surface area contributed by atoms with Gasteiger partial charge in [0.25, 0.3) is 5.91 Å². The third kappa shape index (κ3) is 2.20. The molecular formula is C18H15N5OS. The zero-order valence-corrected chi connectivity index (χ0v) is 14.3. The fraction of sp³-hybridized carbons (Fsp3) is 0.167. The second-order valence-electron chi connectivity index (χ2n) is 6.12. The molecule has 0 unspecified atom stereocenters. The molecule has 0 saturated heterocycles. The minimum Gasteiger partial charge on any atom is -0.364 e. The molecule has 6 nitrogen and oxygen atoms in total. The van der Waals surface area contributed by atoms with Crippen LogP contribution in [0.4, 0.5) is 5.69 Å². The number of H-pyrrole nitrogens is 2. The van der Waals surface area contributed by atoms with Gasteiger partial charge in [-0.25, -0.2) is 9.97 Å². The van der Waals surface area contributed by atoms with Crippen molar-refractivity contribution in [2.24, 2.45) is 0 Å².